The molecule has 2 fully saturated rings. The van der Waals surface area contributed by atoms with E-state index in [9.17, 15) is 21.6 Å². The van der Waals surface area contributed by atoms with Crippen molar-refractivity contribution in [3.8, 4) is 0 Å². The summed E-state index contributed by atoms with van der Waals surface area (Å²) in [6.45, 7) is 1.39. The van der Waals surface area contributed by atoms with Crippen molar-refractivity contribution in [1.29, 1.82) is 0 Å². The molecule has 25 heavy (non-hydrogen) atoms. The van der Waals surface area contributed by atoms with Crippen LogP contribution < -0.4 is 4.72 Å². The SMILES string of the molecule is CC(=O)c1cccc(S(=O)(=O)NC2CC3CCC(C2)N3S(C)(=O)=O)c1. The normalized spacial score (nSPS) is 27.4. The number of hydrogen-bond donors (Lipinski definition) is 1. The van der Waals surface area contributed by atoms with Gasteiger partial charge in [-0.2, -0.15) is 4.31 Å². The molecule has 1 aromatic rings. The van der Waals surface area contributed by atoms with Crippen LogP contribution in [0.2, 0.25) is 0 Å². The fraction of sp³-hybridized carbons (Fsp3) is 0.562. The monoisotopic (exact) mass is 386 g/mol. The Kier molecular flexibility index (Phi) is 4.78. The molecule has 7 nitrogen and oxygen atoms in total. The van der Waals surface area contributed by atoms with Gasteiger partial charge in [-0.05, 0) is 44.7 Å². The molecule has 0 radical (unpaired) electrons. The maximum Gasteiger partial charge on any atom is 0.240 e. The molecule has 2 aliphatic heterocycles. The van der Waals surface area contributed by atoms with E-state index in [0.29, 0.717) is 18.4 Å². The third-order valence-electron chi connectivity index (χ3n) is 4.92. The van der Waals surface area contributed by atoms with Gasteiger partial charge in [0.15, 0.2) is 5.78 Å². The summed E-state index contributed by atoms with van der Waals surface area (Å²) >= 11 is 0. The van der Waals surface area contributed by atoms with Crippen molar-refractivity contribution in [3.63, 3.8) is 0 Å². The van der Waals surface area contributed by atoms with Crippen LogP contribution in [0.15, 0.2) is 29.2 Å². The third-order valence-corrected chi connectivity index (χ3v) is 7.80. The lowest BCUT2D eigenvalue weighted by atomic mass is 10.0. The summed E-state index contributed by atoms with van der Waals surface area (Å²) in [7, 11) is -7.04. The molecule has 9 heteroatoms. The zero-order valence-corrected chi connectivity index (χ0v) is 15.8. The standard InChI is InChI=1S/C16H22N2O5S2/c1-11(19)12-4-3-5-16(8-12)25(22,23)17-13-9-14-6-7-15(10-13)18(14)24(2,20)21/h3-5,8,13-15,17H,6-7,9-10H2,1-2H3. The first-order valence-electron chi connectivity index (χ1n) is 8.20. The predicted molar refractivity (Wildman–Crippen MR) is 93.3 cm³/mol. The van der Waals surface area contributed by atoms with Crippen molar-refractivity contribution in [3.05, 3.63) is 29.8 Å². The summed E-state index contributed by atoms with van der Waals surface area (Å²) in [5, 5.41) is 0. The Labute approximate surface area is 148 Å². The lowest BCUT2D eigenvalue weighted by Crippen LogP contribution is -2.51. The Hall–Kier alpha value is -1.29. The third kappa shape index (κ3) is 3.79. The van der Waals surface area contributed by atoms with E-state index in [0.717, 1.165) is 12.8 Å². The topological polar surface area (TPSA) is 101 Å². The molecule has 2 atom stereocenters. The van der Waals surface area contributed by atoms with Gasteiger partial charge in [0.2, 0.25) is 20.0 Å². The van der Waals surface area contributed by atoms with Crippen LogP contribution in [0.5, 0.6) is 0 Å². The summed E-state index contributed by atoms with van der Waals surface area (Å²) in [5.74, 6) is -0.198. The van der Waals surface area contributed by atoms with Gasteiger partial charge in [-0.1, -0.05) is 12.1 Å². The molecule has 1 aromatic carbocycles. The second-order valence-electron chi connectivity index (χ2n) is 6.85. The van der Waals surface area contributed by atoms with Crippen molar-refractivity contribution in [2.75, 3.05) is 6.26 Å². The van der Waals surface area contributed by atoms with E-state index in [1.807, 2.05) is 0 Å². The zero-order valence-electron chi connectivity index (χ0n) is 14.2. The summed E-state index contributed by atoms with van der Waals surface area (Å²) in [6, 6.07) is 5.34. The van der Waals surface area contributed by atoms with Gasteiger partial charge in [0.1, 0.15) is 0 Å². The van der Waals surface area contributed by atoms with Crippen molar-refractivity contribution >= 4 is 25.8 Å². The number of carbonyl (C=O) groups is 1. The van der Waals surface area contributed by atoms with E-state index in [2.05, 4.69) is 4.72 Å². The van der Waals surface area contributed by atoms with Gasteiger partial charge in [0.05, 0.1) is 11.2 Å². The Morgan fingerprint density at radius 3 is 2.24 bits per heavy atom. The van der Waals surface area contributed by atoms with Crippen LogP contribution in [0.25, 0.3) is 0 Å². The minimum atomic E-state index is -3.76. The number of rotatable bonds is 5. The summed E-state index contributed by atoms with van der Waals surface area (Å²) < 4.78 is 53.3. The van der Waals surface area contributed by atoms with Gasteiger partial charge in [-0.15, -0.1) is 0 Å². The van der Waals surface area contributed by atoms with Crippen LogP contribution in [-0.4, -0.2) is 51.3 Å². The van der Waals surface area contributed by atoms with Gasteiger partial charge in [-0.3, -0.25) is 4.79 Å². The summed E-state index contributed by atoms with van der Waals surface area (Å²) in [4.78, 5) is 11.5. The quantitative estimate of drug-likeness (QED) is 0.765. The molecule has 2 bridgehead atoms. The first-order chi connectivity index (χ1) is 11.6. The average molecular weight is 386 g/mol. The summed E-state index contributed by atoms with van der Waals surface area (Å²) in [5.41, 5.74) is 0.342. The molecule has 1 N–H and O–H groups in total. The molecule has 3 rings (SSSR count). The number of fused-ring (bicyclic) bond motifs is 2. The van der Waals surface area contributed by atoms with E-state index < -0.39 is 20.0 Å². The number of nitrogens with one attached hydrogen (secondary N) is 1. The average Bonchev–Trinajstić information content (AvgIpc) is 2.80. The van der Waals surface area contributed by atoms with E-state index in [1.54, 1.807) is 12.1 Å². The fourth-order valence-electron chi connectivity index (χ4n) is 3.94. The van der Waals surface area contributed by atoms with Crippen LogP contribution in [0.1, 0.15) is 43.0 Å². The molecule has 0 amide bonds. The van der Waals surface area contributed by atoms with Crippen molar-refractivity contribution in [1.82, 2.24) is 9.03 Å². The second kappa shape index (κ2) is 6.46. The van der Waals surface area contributed by atoms with Crippen LogP contribution in [0.3, 0.4) is 0 Å². The molecule has 2 heterocycles. The van der Waals surface area contributed by atoms with Crippen LogP contribution in [-0.2, 0) is 20.0 Å². The Morgan fingerprint density at radius 1 is 1.12 bits per heavy atom. The molecule has 0 spiro atoms. The minimum absolute atomic E-state index is 0.0538. The Balaban J connectivity index is 1.77. The molecule has 2 saturated heterocycles. The number of benzene rings is 1. The van der Waals surface area contributed by atoms with Crippen molar-refractivity contribution in [2.45, 2.75) is 55.6 Å². The molecule has 0 saturated carbocycles. The van der Waals surface area contributed by atoms with Crippen molar-refractivity contribution < 1.29 is 21.6 Å². The number of Topliss-reactive ketones (excluding diaryl/α,β-unsaturated/α-hetero) is 1. The lowest BCUT2D eigenvalue weighted by molar-refractivity contribution is 0.101. The van der Waals surface area contributed by atoms with Gasteiger partial charge in [0.25, 0.3) is 0 Å². The highest BCUT2D eigenvalue weighted by atomic mass is 32.2. The molecule has 138 valence electrons. The first-order valence-corrected chi connectivity index (χ1v) is 11.5. The second-order valence-corrected chi connectivity index (χ2v) is 10.5. The molecule has 2 aliphatic rings. The highest BCUT2D eigenvalue weighted by molar-refractivity contribution is 7.89. The van der Waals surface area contributed by atoms with E-state index in [4.69, 9.17) is 0 Å². The zero-order chi connectivity index (χ0) is 18.4. The van der Waals surface area contributed by atoms with E-state index in [1.165, 1.54) is 29.6 Å². The molecular formula is C16H22N2O5S2. The maximum atomic E-state index is 12.6. The molecule has 0 aliphatic carbocycles. The molecular weight excluding hydrogens is 364 g/mol. The van der Waals surface area contributed by atoms with E-state index in [-0.39, 0.29) is 28.8 Å². The smallest absolute Gasteiger partial charge is 0.240 e. The number of nitrogens with zero attached hydrogens (tertiary/aromatic N) is 1. The number of carbonyl (C=O) groups excluding carboxylic acids is 1. The van der Waals surface area contributed by atoms with Crippen molar-refractivity contribution in [2.24, 2.45) is 0 Å². The highest BCUT2D eigenvalue weighted by Crippen LogP contribution is 2.37. The van der Waals surface area contributed by atoms with Gasteiger partial charge >= 0.3 is 0 Å². The van der Waals surface area contributed by atoms with Gasteiger partial charge in [0, 0.05) is 23.7 Å². The number of piperidine rings is 1. The van der Waals surface area contributed by atoms with Crippen LogP contribution in [0.4, 0.5) is 0 Å². The van der Waals surface area contributed by atoms with E-state index >= 15 is 0 Å². The first kappa shape index (κ1) is 18.5. The molecule has 0 aromatic heterocycles. The Morgan fingerprint density at radius 2 is 1.72 bits per heavy atom. The number of ketones is 1. The number of sulfonamides is 2. The van der Waals surface area contributed by atoms with Gasteiger partial charge in [-0.25, -0.2) is 21.6 Å². The summed E-state index contributed by atoms with van der Waals surface area (Å²) in [6.07, 6.45) is 3.66. The molecule has 2 unspecified atom stereocenters. The Bertz CT molecular complexity index is 881. The lowest BCUT2D eigenvalue weighted by Gasteiger charge is -2.37. The van der Waals surface area contributed by atoms with Gasteiger partial charge < -0.3 is 0 Å². The highest BCUT2D eigenvalue weighted by Gasteiger charge is 2.45. The number of hydrogen-bond acceptors (Lipinski definition) is 5. The van der Waals surface area contributed by atoms with Crippen LogP contribution in [0, 0.1) is 0 Å². The predicted octanol–water partition coefficient (Wildman–Crippen LogP) is 1.12. The minimum Gasteiger partial charge on any atom is -0.295 e. The van der Waals surface area contributed by atoms with Crippen LogP contribution >= 0.6 is 0 Å². The fourth-order valence-corrected chi connectivity index (χ4v) is 6.71. The largest absolute Gasteiger partial charge is 0.295 e. The maximum absolute atomic E-state index is 12.6.